The highest BCUT2D eigenvalue weighted by molar-refractivity contribution is 8.14. The van der Waals surface area contributed by atoms with Gasteiger partial charge in [-0.05, 0) is 71.3 Å². The van der Waals surface area contributed by atoms with Crippen LogP contribution in [0.2, 0.25) is 0 Å². The van der Waals surface area contributed by atoms with Gasteiger partial charge in [-0.1, -0.05) is 62.0 Å². The number of thioether (sulfide) groups is 1. The molecule has 5 aromatic rings. The van der Waals surface area contributed by atoms with Crippen LogP contribution in [0.1, 0.15) is 37.3 Å². The third kappa shape index (κ3) is 5.85. The van der Waals surface area contributed by atoms with Gasteiger partial charge in [-0.2, -0.15) is 5.10 Å². The van der Waals surface area contributed by atoms with E-state index in [-0.39, 0.29) is 5.75 Å². The Morgan fingerprint density at radius 1 is 1.00 bits per heavy atom. The number of anilines is 1. The fourth-order valence-corrected chi connectivity index (χ4v) is 6.06. The Labute approximate surface area is 245 Å². The molecule has 1 saturated heterocycles. The number of fused-ring (bicyclic) bond motifs is 3. The molecule has 0 saturated carbocycles. The number of aromatic nitrogens is 2. The predicted molar refractivity (Wildman–Crippen MR) is 165 cm³/mol. The van der Waals surface area contributed by atoms with Crippen LogP contribution in [0.25, 0.3) is 27.5 Å². The summed E-state index contributed by atoms with van der Waals surface area (Å²) in [6.07, 6.45) is -0.207. The Bertz CT molecular complexity index is 1790. The number of alkyl halides is 3. The maximum Gasteiger partial charge on any atom is 0.573 e. The lowest BCUT2D eigenvalue weighted by atomic mass is 10.0. The van der Waals surface area contributed by atoms with E-state index in [1.165, 1.54) is 23.4 Å². The summed E-state index contributed by atoms with van der Waals surface area (Å²) in [6, 6.07) is 24.2. The van der Waals surface area contributed by atoms with Crippen molar-refractivity contribution in [2.75, 3.05) is 17.2 Å². The number of halogens is 3. The number of ether oxygens (including phenoxy) is 1. The normalized spacial score (nSPS) is 15.5. The Morgan fingerprint density at radius 3 is 2.60 bits per heavy atom. The van der Waals surface area contributed by atoms with Crippen molar-refractivity contribution < 1.29 is 17.9 Å². The number of rotatable bonds is 6. The van der Waals surface area contributed by atoms with Crippen molar-refractivity contribution >= 4 is 50.6 Å². The summed E-state index contributed by atoms with van der Waals surface area (Å²) in [6.45, 7) is 5.32. The first-order valence-electron chi connectivity index (χ1n) is 13.6. The molecule has 1 aliphatic heterocycles. The number of para-hydroxylation sites is 1. The van der Waals surface area contributed by atoms with Gasteiger partial charge in [0, 0.05) is 29.1 Å². The molecule has 0 atom stereocenters. The van der Waals surface area contributed by atoms with Crippen LogP contribution in [-0.2, 0) is 0 Å². The molecule has 0 amide bonds. The van der Waals surface area contributed by atoms with Crippen LogP contribution in [0.4, 0.5) is 18.9 Å². The highest BCUT2D eigenvalue weighted by atomic mass is 32.2. The molecule has 0 unspecified atom stereocenters. The maximum atomic E-state index is 12.5. The summed E-state index contributed by atoms with van der Waals surface area (Å²) in [4.78, 5) is 6.87. The molecule has 10 heteroatoms. The molecule has 6 rings (SSSR count). The topological polar surface area (TPSA) is 55.0 Å². The molecular weight excluding hydrogens is 559 g/mol. The maximum absolute atomic E-state index is 12.5. The average molecular weight is 588 g/mol. The fraction of sp³-hybridized carbons (Fsp3) is 0.219. The lowest BCUT2D eigenvalue weighted by Crippen LogP contribution is -2.34. The minimum atomic E-state index is -4.73. The molecule has 1 fully saturated rings. The highest BCUT2D eigenvalue weighted by Crippen LogP contribution is 2.32. The molecule has 0 N–H and O–H groups in total. The highest BCUT2D eigenvalue weighted by Gasteiger charge is 2.31. The van der Waals surface area contributed by atoms with Crippen LogP contribution in [0.3, 0.4) is 0 Å². The Kier molecular flexibility index (Phi) is 7.64. The SMILES string of the molecule is CC(C)c1ccccc1N1CCCSC1=N/N=C/c1ccc2c(ccc3c2ncn3-c2ccc(OC(F)(F)F)cc2)c1. The van der Waals surface area contributed by atoms with E-state index < -0.39 is 6.36 Å². The second kappa shape index (κ2) is 11.5. The zero-order valence-electron chi connectivity index (χ0n) is 23.0. The predicted octanol–water partition coefficient (Wildman–Crippen LogP) is 8.53. The molecule has 1 aliphatic rings. The molecule has 0 radical (unpaired) electrons. The molecule has 214 valence electrons. The molecule has 6 nitrogen and oxygen atoms in total. The van der Waals surface area contributed by atoms with Gasteiger partial charge in [-0.15, -0.1) is 18.3 Å². The van der Waals surface area contributed by atoms with Gasteiger partial charge in [0.25, 0.3) is 0 Å². The minimum Gasteiger partial charge on any atom is -0.406 e. The number of benzene rings is 4. The van der Waals surface area contributed by atoms with E-state index in [2.05, 4.69) is 62.9 Å². The minimum absolute atomic E-state index is 0.268. The van der Waals surface area contributed by atoms with Gasteiger partial charge in [0.2, 0.25) is 0 Å². The van der Waals surface area contributed by atoms with Crippen molar-refractivity contribution in [1.29, 1.82) is 0 Å². The van der Waals surface area contributed by atoms with E-state index in [0.717, 1.165) is 51.3 Å². The average Bonchev–Trinajstić information content (AvgIpc) is 3.41. The molecular formula is C32H28F3N5OS. The van der Waals surface area contributed by atoms with Crippen LogP contribution in [-0.4, -0.2) is 39.6 Å². The van der Waals surface area contributed by atoms with Crippen LogP contribution < -0.4 is 9.64 Å². The zero-order valence-corrected chi connectivity index (χ0v) is 23.9. The second-order valence-corrected chi connectivity index (χ2v) is 11.3. The monoisotopic (exact) mass is 587 g/mol. The quantitative estimate of drug-likeness (QED) is 0.148. The zero-order chi connectivity index (χ0) is 29.3. The van der Waals surface area contributed by atoms with Crippen LogP contribution in [0.15, 0.2) is 95.4 Å². The first-order valence-corrected chi connectivity index (χ1v) is 14.6. The van der Waals surface area contributed by atoms with Crippen LogP contribution >= 0.6 is 11.8 Å². The van der Waals surface area contributed by atoms with E-state index >= 15 is 0 Å². The number of nitrogens with zero attached hydrogens (tertiary/aromatic N) is 5. The van der Waals surface area contributed by atoms with Crippen molar-refractivity contribution in [1.82, 2.24) is 9.55 Å². The summed E-state index contributed by atoms with van der Waals surface area (Å²) < 4.78 is 43.4. The Morgan fingerprint density at radius 2 is 1.81 bits per heavy atom. The summed E-state index contributed by atoms with van der Waals surface area (Å²) in [5, 5.41) is 11.9. The molecule has 1 aromatic heterocycles. The van der Waals surface area contributed by atoms with Crippen molar-refractivity contribution in [3.63, 3.8) is 0 Å². The summed E-state index contributed by atoms with van der Waals surface area (Å²) in [7, 11) is 0. The van der Waals surface area contributed by atoms with Crippen molar-refractivity contribution in [2.24, 2.45) is 10.2 Å². The second-order valence-electron chi connectivity index (χ2n) is 10.3. The van der Waals surface area contributed by atoms with E-state index in [0.29, 0.717) is 11.6 Å². The van der Waals surface area contributed by atoms with Gasteiger partial charge >= 0.3 is 6.36 Å². The third-order valence-electron chi connectivity index (χ3n) is 7.09. The smallest absolute Gasteiger partial charge is 0.406 e. The summed E-state index contributed by atoms with van der Waals surface area (Å²) in [5.41, 5.74) is 5.72. The van der Waals surface area contributed by atoms with Gasteiger partial charge in [-0.3, -0.25) is 4.57 Å². The van der Waals surface area contributed by atoms with Crippen molar-refractivity contribution in [3.05, 3.63) is 96.3 Å². The molecule has 42 heavy (non-hydrogen) atoms. The first-order chi connectivity index (χ1) is 20.3. The summed E-state index contributed by atoms with van der Waals surface area (Å²) in [5.74, 6) is 1.15. The molecule has 4 aromatic carbocycles. The largest absolute Gasteiger partial charge is 0.573 e. The van der Waals surface area contributed by atoms with Gasteiger partial charge in [-0.25, -0.2) is 4.98 Å². The fourth-order valence-electron chi connectivity index (χ4n) is 5.16. The lowest BCUT2D eigenvalue weighted by Gasteiger charge is -2.31. The van der Waals surface area contributed by atoms with Crippen molar-refractivity contribution in [3.8, 4) is 11.4 Å². The molecule has 2 heterocycles. The first kappa shape index (κ1) is 27.8. The Balaban J connectivity index is 1.25. The van der Waals surface area contributed by atoms with E-state index in [1.54, 1.807) is 36.4 Å². The van der Waals surface area contributed by atoms with Gasteiger partial charge < -0.3 is 9.64 Å². The van der Waals surface area contributed by atoms with Crippen LogP contribution in [0, 0.1) is 0 Å². The van der Waals surface area contributed by atoms with Crippen molar-refractivity contribution in [2.45, 2.75) is 32.5 Å². The summed E-state index contributed by atoms with van der Waals surface area (Å²) >= 11 is 1.72. The molecule has 0 bridgehead atoms. The number of amidine groups is 1. The standard InChI is InChI=1S/C32H28F3N5OS/c1-21(2)26-6-3-4-7-28(26)39-16-5-17-42-31(39)38-37-19-22-8-14-27-23(18-22)9-15-29-30(27)36-20-40(29)24-10-12-25(13-11-24)41-32(33,34)35/h3-4,6-15,18-21H,5,16-17H2,1-2H3/b37-19+,38-31?. The van der Waals surface area contributed by atoms with E-state index in [4.69, 9.17) is 0 Å². The van der Waals surface area contributed by atoms with Crippen LogP contribution in [0.5, 0.6) is 5.75 Å². The number of hydrogen-bond donors (Lipinski definition) is 0. The Hall–Kier alpha value is -4.31. The van der Waals surface area contributed by atoms with Gasteiger partial charge in [0.15, 0.2) is 5.17 Å². The van der Waals surface area contributed by atoms with Gasteiger partial charge in [0.1, 0.15) is 12.1 Å². The molecule has 0 aliphatic carbocycles. The van der Waals surface area contributed by atoms with E-state index in [9.17, 15) is 13.2 Å². The lowest BCUT2D eigenvalue weighted by molar-refractivity contribution is -0.274. The number of imidazole rings is 1. The third-order valence-corrected chi connectivity index (χ3v) is 8.15. The number of hydrogen-bond acceptors (Lipinski definition) is 5. The van der Waals surface area contributed by atoms with Gasteiger partial charge in [0.05, 0.1) is 17.2 Å². The van der Waals surface area contributed by atoms with E-state index in [1.807, 2.05) is 34.9 Å². The molecule has 0 spiro atoms.